The second-order valence-electron chi connectivity index (χ2n) is 5.37. The molecular weight excluding hydrogens is 328 g/mol. The van der Waals surface area contributed by atoms with Crippen LogP contribution in [0.5, 0.6) is 5.88 Å². The molecule has 0 unspecified atom stereocenters. The third-order valence-corrected chi connectivity index (χ3v) is 4.22. The van der Waals surface area contributed by atoms with Crippen LogP contribution in [0.4, 0.5) is 0 Å². The van der Waals surface area contributed by atoms with Crippen molar-refractivity contribution in [1.29, 1.82) is 0 Å². The van der Waals surface area contributed by atoms with Crippen LogP contribution in [0.2, 0.25) is 5.02 Å². The van der Waals surface area contributed by atoms with Crippen molar-refractivity contribution in [1.82, 2.24) is 8.97 Å². The number of aromatic nitrogens is 2. The number of aromatic hydroxyl groups is 1. The molecule has 0 fully saturated rings. The van der Waals surface area contributed by atoms with Crippen molar-refractivity contribution in [2.75, 3.05) is 0 Å². The van der Waals surface area contributed by atoms with E-state index in [1.165, 1.54) is 6.20 Å². The number of halogens is 1. The highest BCUT2D eigenvalue weighted by Gasteiger charge is 2.18. The number of fused-ring (bicyclic) bond motifs is 2. The van der Waals surface area contributed by atoms with Crippen molar-refractivity contribution < 1.29 is 5.11 Å². The maximum Gasteiger partial charge on any atom is 0.340 e. The minimum absolute atomic E-state index is 0.0591. The third kappa shape index (κ3) is 2.02. The first-order chi connectivity index (χ1) is 11.6. The molecule has 6 heteroatoms. The number of benzene rings is 2. The zero-order chi connectivity index (χ0) is 16.8. The molecule has 24 heavy (non-hydrogen) atoms. The summed E-state index contributed by atoms with van der Waals surface area (Å²) in [5.74, 6) is -0.395. The van der Waals surface area contributed by atoms with Gasteiger partial charge in [-0.25, -0.2) is 9.36 Å². The molecule has 0 radical (unpaired) electrons. The molecule has 0 saturated heterocycles. The van der Waals surface area contributed by atoms with Gasteiger partial charge in [0.15, 0.2) is 5.52 Å². The summed E-state index contributed by atoms with van der Waals surface area (Å²) < 4.78 is 2.24. The van der Waals surface area contributed by atoms with E-state index >= 15 is 0 Å². The van der Waals surface area contributed by atoms with Crippen LogP contribution in [0, 0.1) is 0 Å². The molecule has 4 aromatic rings. The second kappa shape index (κ2) is 5.25. The molecule has 0 spiro atoms. The van der Waals surface area contributed by atoms with E-state index in [0.717, 1.165) is 8.97 Å². The fourth-order valence-electron chi connectivity index (χ4n) is 2.81. The quantitative estimate of drug-likeness (QED) is 0.580. The molecule has 1 N–H and O–H groups in total. The molecule has 4 rings (SSSR count). The predicted octanol–water partition coefficient (Wildman–Crippen LogP) is 2.96. The molecule has 0 aliphatic carbocycles. The van der Waals surface area contributed by atoms with E-state index in [9.17, 15) is 14.7 Å². The lowest BCUT2D eigenvalue weighted by atomic mass is 10.2. The number of nitrogens with zero attached hydrogens (tertiary/aromatic N) is 2. The smallest absolute Gasteiger partial charge is 0.340 e. The summed E-state index contributed by atoms with van der Waals surface area (Å²) >= 11 is 5.86. The van der Waals surface area contributed by atoms with Gasteiger partial charge in [0, 0.05) is 16.6 Å². The molecule has 0 atom stereocenters. The van der Waals surface area contributed by atoms with Crippen LogP contribution >= 0.6 is 11.6 Å². The van der Waals surface area contributed by atoms with Gasteiger partial charge in [-0.15, -0.1) is 0 Å². The molecule has 0 amide bonds. The van der Waals surface area contributed by atoms with Crippen LogP contribution in [-0.2, 0) is 0 Å². The Kier molecular flexibility index (Phi) is 3.18. The summed E-state index contributed by atoms with van der Waals surface area (Å²) in [6.45, 7) is 0. The Labute approximate surface area is 140 Å². The van der Waals surface area contributed by atoms with Crippen molar-refractivity contribution in [3.8, 4) is 11.6 Å². The van der Waals surface area contributed by atoms with E-state index in [2.05, 4.69) is 0 Å². The van der Waals surface area contributed by atoms with Gasteiger partial charge in [-0.2, -0.15) is 0 Å². The highest BCUT2D eigenvalue weighted by molar-refractivity contribution is 6.30. The van der Waals surface area contributed by atoms with E-state index in [-0.39, 0.29) is 5.52 Å². The molecule has 2 aromatic carbocycles. The first-order valence-corrected chi connectivity index (χ1v) is 7.60. The summed E-state index contributed by atoms with van der Waals surface area (Å²) in [7, 11) is 0. The monoisotopic (exact) mass is 338 g/mol. The summed E-state index contributed by atoms with van der Waals surface area (Å²) in [6, 6.07) is 15.1. The lowest BCUT2D eigenvalue weighted by molar-refractivity contribution is 0.446. The maximum absolute atomic E-state index is 12.8. The minimum Gasteiger partial charge on any atom is -0.493 e. The largest absolute Gasteiger partial charge is 0.493 e. The lowest BCUT2D eigenvalue weighted by Gasteiger charge is -2.02. The Hall–Kier alpha value is -3.05. The molecule has 0 bridgehead atoms. The van der Waals surface area contributed by atoms with Crippen molar-refractivity contribution in [2.24, 2.45) is 0 Å². The van der Waals surface area contributed by atoms with Gasteiger partial charge in [-0.1, -0.05) is 35.9 Å². The van der Waals surface area contributed by atoms with Gasteiger partial charge in [0.25, 0.3) is 0 Å². The van der Waals surface area contributed by atoms with Crippen molar-refractivity contribution in [2.45, 2.75) is 0 Å². The fourth-order valence-corrected chi connectivity index (χ4v) is 2.94. The Morgan fingerprint density at radius 3 is 2.38 bits per heavy atom. The van der Waals surface area contributed by atoms with Gasteiger partial charge in [-0.3, -0.25) is 9.20 Å². The average molecular weight is 339 g/mol. The lowest BCUT2D eigenvalue weighted by Crippen LogP contribution is -2.18. The van der Waals surface area contributed by atoms with E-state index in [1.807, 2.05) is 6.07 Å². The Bertz CT molecular complexity index is 1210. The normalized spacial score (nSPS) is 11.2. The molecule has 2 heterocycles. The zero-order valence-electron chi connectivity index (χ0n) is 12.3. The summed E-state index contributed by atoms with van der Waals surface area (Å²) in [6.07, 6.45) is 1.49. The molecule has 0 aliphatic heterocycles. The van der Waals surface area contributed by atoms with Crippen LogP contribution in [0.1, 0.15) is 0 Å². The van der Waals surface area contributed by atoms with Gasteiger partial charge in [0.2, 0.25) is 11.3 Å². The molecule has 0 saturated carbocycles. The molecule has 5 nitrogen and oxygen atoms in total. The minimum atomic E-state index is -0.526. The van der Waals surface area contributed by atoms with Crippen molar-refractivity contribution in [3.05, 3.63) is 86.5 Å². The predicted molar refractivity (Wildman–Crippen MR) is 93.4 cm³/mol. The van der Waals surface area contributed by atoms with Gasteiger partial charge >= 0.3 is 5.69 Å². The second-order valence-corrected chi connectivity index (χ2v) is 5.81. The molecule has 118 valence electrons. The van der Waals surface area contributed by atoms with Gasteiger partial charge in [0.05, 0.1) is 5.69 Å². The molecule has 0 aliphatic rings. The van der Waals surface area contributed by atoms with Gasteiger partial charge in [0.1, 0.15) is 0 Å². The van der Waals surface area contributed by atoms with Crippen LogP contribution in [0.15, 0.2) is 70.4 Å². The molecule has 2 aromatic heterocycles. The number of imidazole rings is 1. The summed E-state index contributed by atoms with van der Waals surface area (Å²) in [5.41, 5.74) is -0.562. The highest BCUT2D eigenvalue weighted by Crippen LogP contribution is 2.21. The van der Waals surface area contributed by atoms with Crippen molar-refractivity contribution >= 4 is 27.9 Å². The van der Waals surface area contributed by atoms with Crippen LogP contribution in [0.3, 0.4) is 0 Å². The number of hydrogen-bond acceptors (Lipinski definition) is 3. The highest BCUT2D eigenvalue weighted by atomic mass is 35.5. The van der Waals surface area contributed by atoms with Crippen molar-refractivity contribution in [3.63, 3.8) is 0 Å². The first-order valence-electron chi connectivity index (χ1n) is 7.22. The Balaban J connectivity index is 2.19. The topological polar surface area (TPSA) is 63.7 Å². The van der Waals surface area contributed by atoms with E-state index < -0.39 is 17.0 Å². The molecular formula is C18H11ClN2O3. The van der Waals surface area contributed by atoms with Crippen LogP contribution in [-0.4, -0.2) is 14.1 Å². The summed E-state index contributed by atoms with van der Waals surface area (Å²) in [5, 5.41) is 12.2. The van der Waals surface area contributed by atoms with Crippen LogP contribution in [0.25, 0.3) is 22.0 Å². The van der Waals surface area contributed by atoms with E-state index in [4.69, 9.17) is 11.6 Å². The Morgan fingerprint density at radius 1 is 0.917 bits per heavy atom. The number of rotatable bonds is 1. The number of hydrogen-bond donors (Lipinski definition) is 1. The standard InChI is InChI=1S/C18H11ClN2O3/c19-12-5-7-13(8-6-12)21-17(23)15-16(22)14-4-2-1-3-11(14)9-10-20(15)18(21)24/h1-10,23H. The SMILES string of the molecule is O=c1c2ccccc2ccn2c(=O)n(-c3ccc(Cl)cc3)c(O)c12. The van der Waals surface area contributed by atoms with Gasteiger partial charge < -0.3 is 5.11 Å². The Morgan fingerprint density at radius 2 is 1.62 bits per heavy atom. The zero-order valence-corrected chi connectivity index (χ0v) is 13.1. The average Bonchev–Trinajstić information content (AvgIpc) is 2.74. The van der Waals surface area contributed by atoms with E-state index in [0.29, 0.717) is 21.5 Å². The fraction of sp³-hybridized carbons (Fsp3) is 0. The van der Waals surface area contributed by atoms with E-state index in [1.54, 1.807) is 48.5 Å². The van der Waals surface area contributed by atoms with Crippen LogP contribution < -0.4 is 11.1 Å². The summed E-state index contributed by atoms with van der Waals surface area (Å²) in [4.78, 5) is 25.5. The maximum atomic E-state index is 12.8. The van der Waals surface area contributed by atoms with Gasteiger partial charge in [-0.05, 0) is 35.7 Å². The first kappa shape index (κ1) is 14.5. The third-order valence-electron chi connectivity index (χ3n) is 3.97.